The molecule has 8 heteroatoms. The third kappa shape index (κ3) is 4.17. The van der Waals surface area contributed by atoms with Crippen molar-refractivity contribution in [2.24, 2.45) is 0 Å². The molecule has 0 saturated carbocycles. The first kappa shape index (κ1) is 19.9. The Balaban J connectivity index is 2.03. The Hall–Kier alpha value is -2.87. The van der Waals surface area contributed by atoms with Crippen molar-refractivity contribution in [3.8, 4) is 0 Å². The predicted molar refractivity (Wildman–Crippen MR) is 98.3 cm³/mol. The number of ether oxygens (including phenoxy) is 4. The first-order chi connectivity index (χ1) is 13.3. The van der Waals surface area contributed by atoms with Crippen molar-refractivity contribution in [3.63, 3.8) is 0 Å². The quantitative estimate of drug-likeness (QED) is 0.585. The molecule has 3 rings (SSSR count). The number of rotatable bonds is 4. The first-order valence-electron chi connectivity index (χ1n) is 8.96. The molecule has 2 heterocycles. The topological polar surface area (TPSA) is 93.1 Å². The fourth-order valence-corrected chi connectivity index (χ4v) is 3.44. The van der Waals surface area contributed by atoms with Crippen molar-refractivity contribution in [1.29, 1.82) is 0 Å². The Morgan fingerprint density at radius 3 is 2.25 bits per heavy atom. The maximum atomic E-state index is 11.8. The molecule has 28 heavy (non-hydrogen) atoms. The van der Waals surface area contributed by atoms with Crippen LogP contribution in [0.1, 0.15) is 32.6 Å². The van der Waals surface area contributed by atoms with E-state index < -0.39 is 42.4 Å². The third-order valence-electron chi connectivity index (χ3n) is 4.48. The number of esters is 3. The van der Waals surface area contributed by atoms with Gasteiger partial charge in [0.15, 0.2) is 24.5 Å². The van der Waals surface area contributed by atoms with Crippen LogP contribution in [0.25, 0.3) is 10.9 Å². The van der Waals surface area contributed by atoms with E-state index in [1.165, 1.54) is 20.8 Å². The second kappa shape index (κ2) is 8.02. The molecular formula is C20H23NO7. The van der Waals surface area contributed by atoms with E-state index in [0.29, 0.717) is 0 Å². The minimum atomic E-state index is -0.994. The van der Waals surface area contributed by atoms with Crippen molar-refractivity contribution in [2.75, 3.05) is 6.61 Å². The van der Waals surface area contributed by atoms with E-state index in [0.717, 1.165) is 16.5 Å². The molecule has 1 aliphatic heterocycles. The molecule has 0 N–H and O–H groups in total. The van der Waals surface area contributed by atoms with E-state index in [1.54, 1.807) is 0 Å². The van der Waals surface area contributed by atoms with E-state index in [-0.39, 0.29) is 6.61 Å². The van der Waals surface area contributed by atoms with Crippen LogP contribution >= 0.6 is 0 Å². The van der Waals surface area contributed by atoms with Crippen LogP contribution < -0.4 is 0 Å². The number of hydrogen-bond donors (Lipinski definition) is 0. The minimum absolute atomic E-state index is 0.00848. The van der Waals surface area contributed by atoms with E-state index in [2.05, 4.69) is 0 Å². The number of aromatic nitrogens is 1. The zero-order valence-corrected chi connectivity index (χ0v) is 16.2. The highest BCUT2D eigenvalue weighted by molar-refractivity contribution is 5.81. The van der Waals surface area contributed by atoms with Crippen molar-refractivity contribution in [1.82, 2.24) is 4.57 Å². The number of benzene rings is 1. The van der Waals surface area contributed by atoms with Gasteiger partial charge >= 0.3 is 17.9 Å². The van der Waals surface area contributed by atoms with Crippen LogP contribution in [0.15, 0.2) is 30.5 Å². The molecule has 2 aromatic rings. The summed E-state index contributed by atoms with van der Waals surface area (Å²) in [5.41, 5.74) is 1.94. The van der Waals surface area contributed by atoms with Gasteiger partial charge in [0.05, 0.1) is 12.1 Å². The van der Waals surface area contributed by atoms with E-state index in [9.17, 15) is 14.4 Å². The molecule has 0 aliphatic carbocycles. The van der Waals surface area contributed by atoms with E-state index >= 15 is 0 Å². The molecule has 4 atom stereocenters. The number of aryl methyl sites for hydroxylation is 1. The van der Waals surface area contributed by atoms with Crippen LogP contribution in [0, 0.1) is 6.92 Å². The molecule has 0 amide bonds. The molecule has 1 fully saturated rings. The monoisotopic (exact) mass is 389 g/mol. The second-order valence-electron chi connectivity index (χ2n) is 6.81. The summed E-state index contributed by atoms with van der Waals surface area (Å²) >= 11 is 0. The van der Waals surface area contributed by atoms with Crippen LogP contribution in [-0.4, -0.2) is 47.4 Å². The largest absolute Gasteiger partial charge is 0.456 e. The predicted octanol–water partition coefficient (Wildman–Crippen LogP) is 2.27. The van der Waals surface area contributed by atoms with Crippen molar-refractivity contribution < 1.29 is 33.3 Å². The Bertz CT molecular complexity index is 903. The fourth-order valence-electron chi connectivity index (χ4n) is 3.44. The molecule has 1 saturated heterocycles. The third-order valence-corrected chi connectivity index (χ3v) is 4.48. The lowest BCUT2D eigenvalue weighted by atomic mass is 10.0. The number of nitrogens with zero attached hydrogens (tertiary/aromatic N) is 1. The number of carbonyl (C=O) groups is 3. The van der Waals surface area contributed by atoms with Gasteiger partial charge in [0.2, 0.25) is 0 Å². The van der Waals surface area contributed by atoms with Gasteiger partial charge in [-0.3, -0.25) is 14.4 Å². The minimum Gasteiger partial charge on any atom is -0.456 e. The normalized spacial score (nSPS) is 24.6. The number of fused-ring (bicyclic) bond motifs is 1. The van der Waals surface area contributed by atoms with Gasteiger partial charge in [0, 0.05) is 27.0 Å². The van der Waals surface area contributed by atoms with Gasteiger partial charge in [-0.25, -0.2) is 0 Å². The fraction of sp³-hybridized carbons (Fsp3) is 0.450. The lowest BCUT2D eigenvalue weighted by molar-refractivity contribution is -0.239. The van der Waals surface area contributed by atoms with Crippen molar-refractivity contribution >= 4 is 28.8 Å². The van der Waals surface area contributed by atoms with Crippen LogP contribution in [0.5, 0.6) is 0 Å². The molecule has 0 spiro atoms. The van der Waals surface area contributed by atoms with Gasteiger partial charge in [-0.05, 0) is 30.0 Å². The summed E-state index contributed by atoms with van der Waals surface area (Å²) in [4.78, 5) is 34.9. The van der Waals surface area contributed by atoms with Gasteiger partial charge < -0.3 is 23.5 Å². The van der Waals surface area contributed by atoms with Crippen LogP contribution in [-0.2, 0) is 33.3 Å². The average Bonchev–Trinajstić information content (AvgIpc) is 2.99. The zero-order chi connectivity index (χ0) is 20.4. The smallest absolute Gasteiger partial charge is 0.303 e. The molecule has 8 nitrogen and oxygen atoms in total. The summed E-state index contributed by atoms with van der Waals surface area (Å²) in [5, 5.41) is 0.988. The van der Waals surface area contributed by atoms with Crippen LogP contribution in [0.3, 0.4) is 0 Å². The van der Waals surface area contributed by atoms with Crippen LogP contribution in [0.2, 0.25) is 0 Å². The molecular weight excluding hydrogens is 366 g/mol. The van der Waals surface area contributed by atoms with E-state index in [4.69, 9.17) is 18.9 Å². The molecule has 150 valence electrons. The molecule has 0 unspecified atom stereocenters. The summed E-state index contributed by atoms with van der Waals surface area (Å²) in [6.07, 6.45) is -1.80. The summed E-state index contributed by atoms with van der Waals surface area (Å²) in [7, 11) is 0. The lowest BCUT2D eigenvalue weighted by Gasteiger charge is -2.41. The summed E-state index contributed by atoms with van der Waals surface area (Å²) < 4.78 is 23.9. The molecule has 0 radical (unpaired) electrons. The second-order valence-corrected chi connectivity index (χ2v) is 6.81. The maximum absolute atomic E-state index is 11.8. The Labute approximate surface area is 162 Å². The van der Waals surface area contributed by atoms with Crippen molar-refractivity contribution in [2.45, 2.75) is 52.2 Å². The van der Waals surface area contributed by atoms with E-state index in [1.807, 2.05) is 42.0 Å². The summed E-state index contributed by atoms with van der Waals surface area (Å²) in [6, 6.07) is 7.89. The number of hydrogen-bond acceptors (Lipinski definition) is 7. The Morgan fingerprint density at radius 1 is 0.964 bits per heavy atom. The molecule has 1 aromatic heterocycles. The average molecular weight is 389 g/mol. The highest BCUT2D eigenvalue weighted by Crippen LogP contribution is 2.33. The summed E-state index contributed by atoms with van der Waals surface area (Å²) in [5.74, 6) is -1.69. The number of carbonyl (C=O) groups excluding carboxylic acids is 3. The van der Waals surface area contributed by atoms with Crippen LogP contribution in [0.4, 0.5) is 0 Å². The van der Waals surface area contributed by atoms with Gasteiger partial charge in [0.25, 0.3) is 0 Å². The SMILES string of the molecule is CC(=O)O[C@@H]1[C@@H](OC(C)=O)[C@H](OC(C)=O)CO[C@H]1n1ccc2ccc(C)cc21. The first-order valence-corrected chi connectivity index (χ1v) is 8.96. The van der Waals surface area contributed by atoms with Gasteiger partial charge in [-0.2, -0.15) is 0 Å². The standard InChI is InChI=1S/C20H23NO7/c1-11-5-6-15-7-8-21(16(15)9-11)20-19(28-14(4)24)18(27-13(3)23)17(10-25-20)26-12(2)22/h5-9,17-20H,10H2,1-4H3/t17-,18+,19-,20-/m1/s1. The Morgan fingerprint density at radius 2 is 1.61 bits per heavy atom. The molecule has 1 aromatic carbocycles. The van der Waals surface area contributed by atoms with Gasteiger partial charge in [0.1, 0.15) is 0 Å². The molecule has 0 bridgehead atoms. The Kier molecular flexibility index (Phi) is 5.69. The highest BCUT2D eigenvalue weighted by atomic mass is 16.6. The highest BCUT2D eigenvalue weighted by Gasteiger charge is 2.47. The zero-order valence-electron chi connectivity index (χ0n) is 16.2. The lowest BCUT2D eigenvalue weighted by Crippen LogP contribution is -2.55. The molecule has 1 aliphatic rings. The van der Waals surface area contributed by atoms with Crippen molar-refractivity contribution in [3.05, 3.63) is 36.0 Å². The summed E-state index contributed by atoms with van der Waals surface area (Å²) in [6.45, 7) is 5.72. The van der Waals surface area contributed by atoms with Gasteiger partial charge in [-0.1, -0.05) is 12.1 Å². The maximum Gasteiger partial charge on any atom is 0.303 e. The van der Waals surface area contributed by atoms with Gasteiger partial charge in [-0.15, -0.1) is 0 Å².